The number of aliphatic hydroxyl groups excluding tert-OH is 1. The summed E-state index contributed by atoms with van der Waals surface area (Å²) >= 11 is 5.80. The van der Waals surface area contributed by atoms with Crippen LogP contribution in [0.2, 0.25) is 5.02 Å². The molecule has 1 unspecified atom stereocenters. The van der Waals surface area contributed by atoms with E-state index in [4.69, 9.17) is 17.3 Å². The van der Waals surface area contributed by atoms with Gasteiger partial charge >= 0.3 is 0 Å². The van der Waals surface area contributed by atoms with Crippen LogP contribution in [0, 0.1) is 0 Å². The fourth-order valence-electron chi connectivity index (χ4n) is 1.80. The van der Waals surface area contributed by atoms with E-state index in [-0.39, 0.29) is 30.5 Å². The van der Waals surface area contributed by atoms with Crippen molar-refractivity contribution in [2.24, 2.45) is 10.7 Å². The van der Waals surface area contributed by atoms with Crippen molar-refractivity contribution < 1.29 is 5.11 Å². The Kier molecular flexibility index (Phi) is 11.8. The first-order valence-corrected chi connectivity index (χ1v) is 7.48. The Morgan fingerprint density at radius 3 is 2.57 bits per heavy atom. The van der Waals surface area contributed by atoms with Crippen LogP contribution in [0.25, 0.3) is 0 Å². The minimum atomic E-state index is -0.660. The van der Waals surface area contributed by atoms with Gasteiger partial charge in [-0.25, -0.2) is 0 Å². The van der Waals surface area contributed by atoms with Gasteiger partial charge in [-0.15, -0.1) is 24.0 Å². The summed E-state index contributed by atoms with van der Waals surface area (Å²) in [5.41, 5.74) is 6.53. The summed E-state index contributed by atoms with van der Waals surface area (Å²) in [4.78, 5) is 4.14. The normalized spacial score (nSPS) is 12.6. The molecular weight excluding hydrogens is 401 g/mol. The summed E-state index contributed by atoms with van der Waals surface area (Å²) < 4.78 is 0. The second-order valence-electron chi connectivity index (χ2n) is 4.78. The Morgan fingerprint density at radius 1 is 1.29 bits per heavy atom. The molecule has 0 saturated heterocycles. The number of guanidine groups is 1. The highest BCUT2D eigenvalue weighted by molar-refractivity contribution is 14.0. The molecule has 0 aliphatic heterocycles. The van der Waals surface area contributed by atoms with Crippen molar-refractivity contribution in [1.29, 1.82) is 0 Å². The molecule has 0 fully saturated rings. The van der Waals surface area contributed by atoms with Crippen molar-refractivity contribution in [3.63, 3.8) is 0 Å². The molecule has 1 atom stereocenters. The van der Waals surface area contributed by atoms with Gasteiger partial charge in [0.15, 0.2) is 5.96 Å². The second kappa shape index (κ2) is 12.1. The van der Waals surface area contributed by atoms with E-state index in [9.17, 15) is 5.11 Å². The quantitative estimate of drug-likeness (QED) is 0.258. The van der Waals surface area contributed by atoms with E-state index in [0.717, 1.165) is 18.5 Å². The molecule has 0 aliphatic rings. The number of benzene rings is 1. The molecule has 4 N–H and O–H groups in total. The Bertz CT molecular complexity index is 412. The molecular formula is C15H25ClIN3O. The van der Waals surface area contributed by atoms with Crippen LogP contribution >= 0.6 is 35.6 Å². The lowest BCUT2D eigenvalue weighted by atomic mass is 10.1. The molecule has 21 heavy (non-hydrogen) atoms. The van der Waals surface area contributed by atoms with E-state index >= 15 is 0 Å². The van der Waals surface area contributed by atoms with Crippen LogP contribution in [-0.2, 0) is 0 Å². The SMILES string of the molecule is CCCCCCNC(N)=NCC(O)c1ccc(Cl)cc1.I. The van der Waals surface area contributed by atoms with E-state index in [2.05, 4.69) is 17.2 Å². The molecule has 0 aromatic heterocycles. The number of nitrogens with zero attached hydrogens (tertiary/aromatic N) is 1. The zero-order valence-electron chi connectivity index (χ0n) is 12.4. The van der Waals surface area contributed by atoms with Crippen molar-refractivity contribution >= 4 is 41.5 Å². The standard InChI is InChI=1S/C15H24ClN3O.HI/c1-2-3-4-5-10-18-15(17)19-11-14(20)12-6-8-13(16)9-7-12;/h6-9,14,20H,2-5,10-11H2,1H3,(H3,17,18,19);1H. The highest BCUT2D eigenvalue weighted by Crippen LogP contribution is 2.16. The molecule has 0 spiro atoms. The van der Waals surface area contributed by atoms with Crippen molar-refractivity contribution in [3.05, 3.63) is 34.9 Å². The third-order valence-corrected chi connectivity index (χ3v) is 3.28. The molecule has 0 heterocycles. The van der Waals surface area contributed by atoms with Crippen molar-refractivity contribution in [1.82, 2.24) is 5.32 Å². The Hall–Kier alpha value is -0.530. The summed E-state index contributed by atoms with van der Waals surface area (Å²) in [5.74, 6) is 0.384. The average Bonchev–Trinajstić information content (AvgIpc) is 2.45. The molecule has 0 saturated carbocycles. The number of nitrogens with two attached hydrogens (primary N) is 1. The Morgan fingerprint density at radius 2 is 1.95 bits per heavy atom. The minimum Gasteiger partial charge on any atom is -0.386 e. The number of rotatable bonds is 8. The van der Waals surface area contributed by atoms with Crippen LogP contribution in [0.4, 0.5) is 0 Å². The molecule has 120 valence electrons. The van der Waals surface area contributed by atoms with Gasteiger partial charge in [-0.3, -0.25) is 4.99 Å². The maximum atomic E-state index is 9.97. The molecule has 1 rings (SSSR count). The van der Waals surface area contributed by atoms with Gasteiger partial charge in [0.25, 0.3) is 0 Å². The maximum absolute atomic E-state index is 9.97. The largest absolute Gasteiger partial charge is 0.386 e. The van der Waals surface area contributed by atoms with E-state index in [1.165, 1.54) is 19.3 Å². The lowest BCUT2D eigenvalue weighted by Gasteiger charge is -2.10. The fourth-order valence-corrected chi connectivity index (χ4v) is 1.93. The summed E-state index contributed by atoms with van der Waals surface area (Å²) in [7, 11) is 0. The van der Waals surface area contributed by atoms with E-state index in [1.54, 1.807) is 24.3 Å². The smallest absolute Gasteiger partial charge is 0.188 e. The molecule has 6 heteroatoms. The Balaban J connectivity index is 0.00000400. The van der Waals surface area contributed by atoms with Crippen molar-refractivity contribution in [3.8, 4) is 0 Å². The average molecular weight is 426 g/mol. The van der Waals surface area contributed by atoms with Gasteiger partial charge < -0.3 is 16.2 Å². The number of nitrogens with one attached hydrogen (secondary N) is 1. The van der Waals surface area contributed by atoms with Crippen LogP contribution in [0.1, 0.15) is 44.3 Å². The van der Waals surface area contributed by atoms with Gasteiger partial charge in [0, 0.05) is 11.6 Å². The number of halogens is 2. The van der Waals surface area contributed by atoms with Crippen LogP contribution in [-0.4, -0.2) is 24.2 Å². The predicted octanol–water partition coefficient (Wildman–Crippen LogP) is 3.48. The van der Waals surface area contributed by atoms with Crippen molar-refractivity contribution in [2.75, 3.05) is 13.1 Å². The predicted molar refractivity (Wildman–Crippen MR) is 100 cm³/mol. The van der Waals surface area contributed by atoms with Gasteiger partial charge in [0.2, 0.25) is 0 Å². The van der Waals surface area contributed by atoms with Gasteiger partial charge in [0.1, 0.15) is 0 Å². The molecule has 0 bridgehead atoms. The van der Waals surface area contributed by atoms with Crippen LogP contribution < -0.4 is 11.1 Å². The third-order valence-electron chi connectivity index (χ3n) is 3.03. The van der Waals surface area contributed by atoms with Crippen LogP contribution in [0.3, 0.4) is 0 Å². The topological polar surface area (TPSA) is 70.6 Å². The molecule has 1 aromatic carbocycles. The second-order valence-corrected chi connectivity index (χ2v) is 5.22. The van der Waals surface area contributed by atoms with Crippen LogP contribution in [0.15, 0.2) is 29.3 Å². The first-order chi connectivity index (χ1) is 9.63. The zero-order valence-corrected chi connectivity index (χ0v) is 15.5. The first kappa shape index (κ1) is 20.5. The molecule has 1 aromatic rings. The molecule has 0 amide bonds. The maximum Gasteiger partial charge on any atom is 0.188 e. The van der Waals surface area contributed by atoms with Gasteiger partial charge in [0.05, 0.1) is 12.6 Å². The highest BCUT2D eigenvalue weighted by Gasteiger charge is 2.06. The van der Waals surface area contributed by atoms with Crippen LogP contribution in [0.5, 0.6) is 0 Å². The zero-order chi connectivity index (χ0) is 14.8. The summed E-state index contributed by atoms with van der Waals surface area (Å²) in [6.45, 7) is 3.25. The monoisotopic (exact) mass is 425 g/mol. The highest BCUT2D eigenvalue weighted by atomic mass is 127. The number of aliphatic hydroxyl groups is 1. The van der Waals surface area contributed by atoms with Crippen molar-refractivity contribution in [2.45, 2.75) is 38.7 Å². The fraction of sp³-hybridized carbons (Fsp3) is 0.533. The summed E-state index contributed by atoms with van der Waals surface area (Å²) in [5, 5.41) is 13.7. The van der Waals surface area contributed by atoms with E-state index in [1.807, 2.05) is 0 Å². The lowest BCUT2D eigenvalue weighted by molar-refractivity contribution is 0.187. The van der Waals surface area contributed by atoms with E-state index < -0.39 is 6.10 Å². The summed E-state index contributed by atoms with van der Waals surface area (Å²) in [6, 6.07) is 7.08. The minimum absolute atomic E-state index is 0. The number of hydrogen-bond donors (Lipinski definition) is 3. The first-order valence-electron chi connectivity index (χ1n) is 7.10. The number of unbranched alkanes of at least 4 members (excludes halogenated alkanes) is 3. The summed E-state index contributed by atoms with van der Waals surface area (Å²) in [6.07, 6.45) is 4.09. The van der Waals surface area contributed by atoms with Gasteiger partial charge in [-0.1, -0.05) is 49.9 Å². The third kappa shape index (κ3) is 9.16. The molecule has 0 radical (unpaired) electrons. The lowest BCUT2D eigenvalue weighted by Crippen LogP contribution is -2.32. The number of aliphatic imine (C=N–C) groups is 1. The van der Waals surface area contributed by atoms with E-state index in [0.29, 0.717) is 11.0 Å². The Labute approximate surface area is 149 Å². The molecule has 0 aliphatic carbocycles. The van der Waals surface area contributed by atoms with Gasteiger partial charge in [-0.2, -0.15) is 0 Å². The van der Waals surface area contributed by atoms with Gasteiger partial charge in [-0.05, 0) is 24.1 Å². The number of hydrogen-bond acceptors (Lipinski definition) is 2. The molecule has 4 nitrogen and oxygen atoms in total.